The summed E-state index contributed by atoms with van der Waals surface area (Å²) in [5.74, 6) is -0.146. The largest absolute Gasteiger partial charge is 0.296 e. The van der Waals surface area contributed by atoms with E-state index >= 15 is 0 Å². The molecule has 0 atom stereocenters. The number of fused-ring (bicyclic) bond motifs is 2. The molecule has 0 aliphatic carbocycles. The molecule has 0 saturated carbocycles. The summed E-state index contributed by atoms with van der Waals surface area (Å²) < 4.78 is 2.39. The van der Waals surface area contributed by atoms with Crippen molar-refractivity contribution in [3.63, 3.8) is 0 Å². The van der Waals surface area contributed by atoms with Gasteiger partial charge in [-0.15, -0.1) is 0 Å². The maximum absolute atomic E-state index is 12.9. The van der Waals surface area contributed by atoms with Crippen molar-refractivity contribution in [3.05, 3.63) is 74.2 Å². The Kier molecular flexibility index (Phi) is 5.94. The highest BCUT2D eigenvalue weighted by Gasteiger charge is 2.16. The number of hydrogen-bond donors (Lipinski definition) is 2. The molecule has 0 saturated heterocycles. The first-order valence-corrected chi connectivity index (χ1v) is 10.7. The predicted octanol–water partition coefficient (Wildman–Crippen LogP) is 3.35. The van der Waals surface area contributed by atoms with Crippen molar-refractivity contribution < 1.29 is 9.59 Å². The molecule has 0 fully saturated rings. The highest BCUT2D eigenvalue weighted by Crippen LogP contribution is 2.17. The Bertz CT molecular complexity index is 1190. The standard InChI is InChI=1S/C22H21BrN4O3/c23-17-8-5-4-7-15(17)21(29)26-25-20(28)14-10-11-16-18(13-14)24-19-9-3-1-2-6-12-27(19)22(16)30/h4-5,7-8,10-11,13H,1-3,6,9,12H2,(H,25,28)(H,26,29). The molecular weight excluding hydrogens is 448 g/mol. The van der Waals surface area contributed by atoms with Gasteiger partial charge >= 0.3 is 0 Å². The van der Waals surface area contributed by atoms with Crippen LogP contribution in [0.1, 0.15) is 52.2 Å². The SMILES string of the molecule is O=C(NNC(=O)c1ccccc1Br)c1ccc2c(=O)n3c(nc2c1)CCCCCC3. The third-order valence-electron chi connectivity index (χ3n) is 5.24. The van der Waals surface area contributed by atoms with Crippen LogP contribution in [0.25, 0.3) is 10.9 Å². The Balaban J connectivity index is 1.56. The lowest BCUT2D eigenvalue weighted by Crippen LogP contribution is -2.41. The fourth-order valence-electron chi connectivity index (χ4n) is 3.63. The second-order valence-electron chi connectivity index (χ2n) is 7.27. The molecule has 3 aromatic rings. The average molecular weight is 469 g/mol. The molecule has 8 heteroatoms. The van der Waals surface area contributed by atoms with Crippen molar-refractivity contribution in [2.75, 3.05) is 0 Å². The van der Waals surface area contributed by atoms with Crippen LogP contribution in [-0.2, 0) is 13.0 Å². The van der Waals surface area contributed by atoms with Gasteiger partial charge in [0.2, 0.25) is 0 Å². The maximum Gasteiger partial charge on any atom is 0.270 e. The number of halogens is 1. The van der Waals surface area contributed by atoms with Crippen LogP contribution in [0.15, 0.2) is 51.7 Å². The van der Waals surface area contributed by atoms with Crippen LogP contribution in [0.3, 0.4) is 0 Å². The topological polar surface area (TPSA) is 93.1 Å². The Labute approximate surface area is 181 Å². The van der Waals surface area contributed by atoms with Gasteiger partial charge in [-0.25, -0.2) is 4.98 Å². The molecule has 154 valence electrons. The van der Waals surface area contributed by atoms with E-state index in [2.05, 4.69) is 31.8 Å². The van der Waals surface area contributed by atoms with Crippen LogP contribution >= 0.6 is 15.9 Å². The number of rotatable bonds is 2. The molecule has 2 aromatic carbocycles. The summed E-state index contributed by atoms with van der Waals surface area (Å²) in [6.07, 6.45) is 4.97. The lowest BCUT2D eigenvalue weighted by Gasteiger charge is -2.16. The van der Waals surface area contributed by atoms with Gasteiger partial charge in [0.05, 0.1) is 16.5 Å². The Morgan fingerprint density at radius 3 is 2.57 bits per heavy atom. The lowest BCUT2D eigenvalue weighted by molar-refractivity contribution is 0.0846. The molecule has 1 aromatic heterocycles. The number of hydrazine groups is 1. The first-order valence-electron chi connectivity index (χ1n) is 9.93. The van der Waals surface area contributed by atoms with E-state index in [-0.39, 0.29) is 5.56 Å². The van der Waals surface area contributed by atoms with Gasteiger partial charge < -0.3 is 0 Å². The molecule has 0 spiro atoms. The van der Waals surface area contributed by atoms with E-state index in [4.69, 9.17) is 0 Å². The quantitative estimate of drug-likeness (QED) is 0.563. The van der Waals surface area contributed by atoms with E-state index in [1.807, 2.05) is 0 Å². The van der Waals surface area contributed by atoms with Gasteiger partial charge in [-0.1, -0.05) is 25.0 Å². The molecule has 2 amide bonds. The molecule has 7 nitrogen and oxygen atoms in total. The summed E-state index contributed by atoms with van der Waals surface area (Å²) in [6.45, 7) is 0.681. The zero-order valence-electron chi connectivity index (χ0n) is 16.3. The highest BCUT2D eigenvalue weighted by molar-refractivity contribution is 9.10. The fourth-order valence-corrected chi connectivity index (χ4v) is 4.10. The summed E-state index contributed by atoms with van der Waals surface area (Å²) >= 11 is 3.31. The Morgan fingerprint density at radius 1 is 0.967 bits per heavy atom. The van der Waals surface area contributed by atoms with Gasteiger partial charge in [0.1, 0.15) is 5.82 Å². The van der Waals surface area contributed by atoms with Gasteiger partial charge in [-0.2, -0.15) is 0 Å². The second kappa shape index (κ2) is 8.79. The molecule has 0 radical (unpaired) electrons. The Morgan fingerprint density at radius 2 is 1.73 bits per heavy atom. The third kappa shape index (κ3) is 4.14. The van der Waals surface area contributed by atoms with Gasteiger partial charge in [-0.05, 0) is 59.1 Å². The van der Waals surface area contributed by atoms with Gasteiger partial charge in [-0.3, -0.25) is 29.8 Å². The molecule has 30 heavy (non-hydrogen) atoms. The van der Waals surface area contributed by atoms with E-state index in [1.54, 1.807) is 47.0 Å². The average Bonchev–Trinajstić information content (AvgIpc) is 2.73. The minimum atomic E-state index is -0.481. The van der Waals surface area contributed by atoms with Crippen molar-refractivity contribution >= 4 is 38.6 Å². The van der Waals surface area contributed by atoms with E-state index < -0.39 is 11.8 Å². The predicted molar refractivity (Wildman–Crippen MR) is 117 cm³/mol. The minimum Gasteiger partial charge on any atom is -0.296 e. The fraction of sp³-hybridized carbons (Fsp3) is 0.273. The van der Waals surface area contributed by atoms with E-state index in [1.165, 1.54) is 0 Å². The van der Waals surface area contributed by atoms with Gasteiger partial charge in [0.15, 0.2) is 0 Å². The molecule has 1 aliphatic rings. The smallest absolute Gasteiger partial charge is 0.270 e. The summed E-state index contributed by atoms with van der Waals surface area (Å²) in [5, 5.41) is 0.494. The molecular formula is C22H21BrN4O3. The number of aryl methyl sites for hydroxylation is 1. The van der Waals surface area contributed by atoms with Gasteiger partial charge in [0.25, 0.3) is 17.4 Å². The number of amides is 2. The summed E-state index contributed by atoms with van der Waals surface area (Å²) in [4.78, 5) is 42.4. The normalized spacial score (nSPS) is 13.8. The molecule has 4 rings (SSSR count). The zero-order valence-corrected chi connectivity index (χ0v) is 17.9. The number of carbonyl (C=O) groups excluding carboxylic acids is 2. The van der Waals surface area contributed by atoms with Crippen molar-refractivity contribution in [3.8, 4) is 0 Å². The highest BCUT2D eigenvalue weighted by atomic mass is 79.9. The number of hydrogen-bond acceptors (Lipinski definition) is 4. The summed E-state index contributed by atoms with van der Waals surface area (Å²) in [7, 11) is 0. The van der Waals surface area contributed by atoms with Crippen molar-refractivity contribution in [2.45, 2.75) is 38.6 Å². The molecule has 2 N–H and O–H groups in total. The number of nitrogens with one attached hydrogen (secondary N) is 2. The minimum absolute atomic E-state index is 0.0638. The van der Waals surface area contributed by atoms with Gasteiger partial charge in [0, 0.05) is 23.0 Å². The number of carbonyl (C=O) groups is 2. The number of benzene rings is 2. The molecule has 0 unspecified atom stereocenters. The van der Waals surface area contributed by atoms with Crippen LogP contribution in [0, 0.1) is 0 Å². The second-order valence-corrected chi connectivity index (χ2v) is 8.12. The van der Waals surface area contributed by atoms with Crippen LogP contribution in [-0.4, -0.2) is 21.4 Å². The lowest BCUT2D eigenvalue weighted by atomic mass is 10.1. The monoisotopic (exact) mass is 468 g/mol. The number of aromatic nitrogens is 2. The van der Waals surface area contributed by atoms with E-state index in [9.17, 15) is 14.4 Å². The number of nitrogens with zero attached hydrogens (tertiary/aromatic N) is 2. The van der Waals surface area contributed by atoms with Crippen LogP contribution in [0.4, 0.5) is 0 Å². The first kappa shape index (κ1) is 20.3. The van der Waals surface area contributed by atoms with Crippen molar-refractivity contribution in [1.82, 2.24) is 20.4 Å². The van der Waals surface area contributed by atoms with E-state index in [0.717, 1.165) is 37.9 Å². The summed E-state index contributed by atoms with van der Waals surface area (Å²) in [6, 6.07) is 11.7. The maximum atomic E-state index is 12.9. The molecule has 0 bridgehead atoms. The van der Waals surface area contributed by atoms with Crippen LogP contribution in [0.2, 0.25) is 0 Å². The third-order valence-corrected chi connectivity index (χ3v) is 5.93. The molecule has 2 heterocycles. The zero-order chi connectivity index (χ0) is 21.1. The van der Waals surface area contributed by atoms with E-state index in [0.29, 0.717) is 33.0 Å². The first-order chi connectivity index (χ1) is 14.5. The van der Waals surface area contributed by atoms with Crippen LogP contribution < -0.4 is 16.4 Å². The van der Waals surface area contributed by atoms with Crippen molar-refractivity contribution in [2.24, 2.45) is 0 Å². The van der Waals surface area contributed by atoms with Crippen molar-refractivity contribution in [1.29, 1.82) is 0 Å². The Hall–Kier alpha value is -3.00. The summed E-state index contributed by atoms with van der Waals surface area (Å²) in [5.41, 5.74) is 5.98. The van der Waals surface area contributed by atoms with Crippen LogP contribution in [0.5, 0.6) is 0 Å². The molecule has 1 aliphatic heterocycles.